The maximum atomic E-state index is 11.8. The highest BCUT2D eigenvalue weighted by atomic mass is 79.9. The molecule has 0 unspecified atom stereocenters. The van der Waals surface area contributed by atoms with Gasteiger partial charge in [-0.1, -0.05) is 0 Å². The molecule has 0 aromatic heterocycles. The van der Waals surface area contributed by atoms with Crippen LogP contribution in [0.1, 0.15) is 6.42 Å². The molecule has 8 nitrogen and oxygen atoms in total. The van der Waals surface area contributed by atoms with Crippen LogP contribution in [0.5, 0.6) is 0 Å². The van der Waals surface area contributed by atoms with Crippen LogP contribution >= 0.6 is 31.9 Å². The molecule has 21 heavy (non-hydrogen) atoms. The van der Waals surface area contributed by atoms with E-state index in [1.165, 1.54) is 6.07 Å². The third-order valence-corrected chi connectivity index (χ3v) is 5.87. The van der Waals surface area contributed by atoms with Crippen LogP contribution in [-0.2, 0) is 19.7 Å². The normalized spacial score (nSPS) is 15.3. The van der Waals surface area contributed by atoms with Crippen molar-refractivity contribution in [3.05, 3.63) is 21.1 Å². The summed E-state index contributed by atoms with van der Waals surface area (Å²) in [4.78, 5) is 22.2. The minimum Gasteiger partial charge on any atom is -0.477 e. The summed E-state index contributed by atoms with van der Waals surface area (Å²) in [5.74, 6) is -1.88. The van der Waals surface area contributed by atoms with Gasteiger partial charge in [-0.3, -0.25) is 9.35 Å². The van der Waals surface area contributed by atoms with Crippen molar-refractivity contribution in [3.63, 3.8) is 0 Å². The highest BCUT2D eigenvalue weighted by molar-refractivity contribution is 9.13. The van der Waals surface area contributed by atoms with Gasteiger partial charge in [-0.2, -0.15) is 18.5 Å². The maximum absolute atomic E-state index is 11.8. The van der Waals surface area contributed by atoms with Gasteiger partial charge >= 0.3 is 5.97 Å². The van der Waals surface area contributed by atoms with E-state index in [1.54, 1.807) is 0 Å². The van der Waals surface area contributed by atoms with Gasteiger partial charge in [0.25, 0.3) is 16.0 Å². The zero-order valence-corrected chi connectivity index (χ0v) is 13.9. The number of hydrogen-bond acceptors (Lipinski definition) is 5. The molecule has 1 heterocycles. The summed E-state index contributed by atoms with van der Waals surface area (Å²) in [7, 11) is -4.44. The summed E-state index contributed by atoms with van der Waals surface area (Å²) in [6, 6.07) is 2.30. The fourth-order valence-electron chi connectivity index (χ4n) is 1.62. The summed E-state index contributed by atoms with van der Waals surface area (Å²) in [5, 5.41) is 13.4. The number of carbonyl (C=O) groups is 2. The predicted molar refractivity (Wildman–Crippen MR) is 78.8 cm³/mol. The number of nitrogens with zero attached hydrogens (tertiary/aromatic N) is 2. The molecule has 1 aliphatic rings. The molecule has 0 atom stereocenters. The van der Waals surface area contributed by atoms with E-state index in [4.69, 9.17) is 9.66 Å². The molecule has 0 aliphatic carbocycles. The summed E-state index contributed by atoms with van der Waals surface area (Å²) < 4.78 is 31.5. The number of hydrogen-bond donors (Lipinski definition) is 2. The first kappa shape index (κ1) is 16.1. The van der Waals surface area contributed by atoms with Gasteiger partial charge in [-0.05, 0) is 44.0 Å². The van der Waals surface area contributed by atoms with Gasteiger partial charge in [0.2, 0.25) is 0 Å². The lowest BCUT2D eigenvalue weighted by Crippen LogP contribution is -2.20. The lowest BCUT2D eigenvalue weighted by Gasteiger charge is -2.15. The zero-order valence-electron chi connectivity index (χ0n) is 9.95. The van der Waals surface area contributed by atoms with E-state index in [-0.39, 0.29) is 26.8 Å². The number of carboxylic acids is 1. The Morgan fingerprint density at radius 2 is 1.90 bits per heavy atom. The van der Waals surface area contributed by atoms with Crippen LogP contribution in [0.15, 0.2) is 31.1 Å². The molecule has 0 fully saturated rings. The average molecular weight is 442 g/mol. The minimum atomic E-state index is -4.44. The van der Waals surface area contributed by atoms with Gasteiger partial charge in [0.15, 0.2) is 5.71 Å². The van der Waals surface area contributed by atoms with Crippen LogP contribution in [0.2, 0.25) is 0 Å². The lowest BCUT2D eigenvalue weighted by molar-refractivity contribution is -0.129. The van der Waals surface area contributed by atoms with Crippen molar-refractivity contribution < 1.29 is 27.7 Å². The topological polar surface area (TPSA) is 124 Å². The number of rotatable bonds is 3. The standard InChI is InChI=1S/C10H6Br2N2O6S/c11-8-5(1-2-6(9(8)12)21(18,19)20)14-7(15)3-4(13-14)10(16)17/h1-2H,3H2,(H,16,17)(H,18,19,20). The number of carbonyl (C=O) groups excluding carboxylic acids is 1. The highest BCUT2D eigenvalue weighted by Crippen LogP contribution is 2.38. The van der Waals surface area contributed by atoms with Crippen LogP contribution in [0.4, 0.5) is 5.69 Å². The number of anilines is 1. The smallest absolute Gasteiger partial charge is 0.352 e. The van der Waals surface area contributed by atoms with Crippen LogP contribution in [0.3, 0.4) is 0 Å². The van der Waals surface area contributed by atoms with Crippen molar-refractivity contribution in [2.45, 2.75) is 11.3 Å². The molecule has 1 aromatic carbocycles. The van der Waals surface area contributed by atoms with E-state index in [9.17, 15) is 18.0 Å². The van der Waals surface area contributed by atoms with Crippen molar-refractivity contribution in [2.75, 3.05) is 5.01 Å². The van der Waals surface area contributed by atoms with Crippen molar-refractivity contribution in [1.82, 2.24) is 0 Å². The first-order valence-electron chi connectivity index (χ1n) is 5.22. The second-order valence-corrected chi connectivity index (χ2v) is 6.90. The number of amides is 1. The van der Waals surface area contributed by atoms with Crippen molar-refractivity contribution in [3.8, 4) is 0 Å². The maximum Gasteiger partial charge on any atom is 0.352 e. The van der Waals surface area contributed by atoms with Crippen LogP contribution in [0.25, 0.3) is 0 Å². The number of carboxylic acid groups (broad SMARTS) is 1. The van der Waals surface area contributed by atoms with E-state index in [0.717, 1.165) is 11.1 Å². The van der Waals surface area contributed by atoms with E-state index >= 15 is 0 Å². The molecule has 1 amide bonds. The number of benzene rings is 1. The van der Waals surface area contributed by atoms with E-state index < -0.39 is 26.9 Å². The number of halogens is 2. The van der Waals surface area contributed by atoms with E-state index in [2.05, 4.69) is 37.0 Å². The Bertz CT molecular complexity index is 789. The summed E-state index contributed by atoms with van der Waals surface area (Å²) in [5.41, 5.74) is -0.169. The molecule has 0 saturated carbocycles. The zero-order chi connectivity index (χ0) is 15.9. The Labute approximate surface area is 135 Å². The molecule has 0 spiro atoms. The van der Waals surface area contributed by atoms with E-state index in [1.807, 2.05) is 0 Å². The Morgan fingerprint density at radius 3 is 2.38 bits per heavy atom. The van der Waals surface area contributed by atoms with Crippen molar-refractivity contribution in [1.29, 1.82) is 0 Å². The lowest BCUT2D eigenvalue weighted by atomic mass is 10.2. The van der Waals surface area contributed by atoms with Crippen LogP contribution in [0, 0.1) is 0 Å². The molecule has 0 bridgehead atoms. The van der Waals surface area contributed by atoms with Crippen LogP contribution < -0.4 is 5.01 Å². The molecule has 2 rings (SSSR count). The largest absolute Gasteiger partial charge is 0.477 e. The molecule has 1 aliphatic heterocycles. The predicted octanol–water partition coefficient (Wildman–Crippen LogP) is 1.64. The Kier molecular flexibility index (Phi) is 4.19. The van der Waals surface area contributed by atoms with Crippen LogP contribution in [-0.4, -0.2) is 35.7 Å². The van der Waals surface area contributed by atoms with Gasteiger partial charge in [0, 0.05) is 0 Å². The first-order valence-corrected chi connectivity index (χ1v) is 8.24. The van der Waals surface area contributed by atoms with Crippen molar-refractivity contribution >= 4 is 65.3 Å². The van der Waals surface area contributed by atoms with Gasteiger partial charge in [0.05, 0.1) is 21.1 Å². The molecular formula is C10H6Br2N2O6S. The molecule has 0 radical (unpaired) electrons. The van der Waals surface area contributed by atoms with Crippen molar-refractivity contribution in [2.24, 2.45) is 5.10 Å². The monoisotopic (exact) mass is 440 g/mol. The molecule has 112 valence electrons. The fraction of sp³-hybridized carbons (Fsp3) is 0.100. The third kappa shape index (κ3) is 3.00. The molecule has 11 heteroatoms. The Balaban J connectivity index is 2.55. The Hall–Kier alpha value is -1.30. The summed E-state index contributed by atoms with van der Waals surface area (Å²) >= 11 is 6.07. The van der Waals surface area contributed by atoms with Gasteiger partial charge in [-0.25, -0.2) is 4.79 Å². The molecular weight excluding hydrogens is 436 g/mol. The second kappa shape index (κ2) is 5.48. The third-order valence-electron chi connectivity index (χ3n) is 2.56. The van der Waals surface area contributed by atoms with Gasteiger partial charge in [-0.15, -0.1) is 0 Å². The molecule has 0 saturated heterocycles. The average Bonchev–Trinajstić information content (AvgIpc) is 2.73. The SMILES string of the molecule is O=C(O)C1=NN(c2ccc(S(=O)(=O)O)c(Br)c2Br)C(=O)C1. The quantitative estimate of drug-likeness (QED) is 0.687. The molecule has 2 N–H and O–H groups in total. The fourth-order valence-corrected chi connectivity index (χ4v) is 3.78. The number of hydrazone groups is 1. The first-order chi connectivity index (χ1) is 9.62. The van der Waals surface area contributed by atoms with Gasteiger partial charge in [0.1, 0.15) is 4.90 Å². The van der Waals surface area contributed by atoms with Gasteiger partial charge < -0.3 is 5.11 Å². The highest BCUT2D eigenvalue weighted by Gasteiger charge is 2.31. The minimum absolute atomic E-state index is 0.00530. The Morgan fingerprint density at radius 1 is 1.29 bits per heavy atom. The molecule has 1 aromatic rings. The second-order valence-electron chi connectivity index (χ2n) is 3.92. The van der Waals surface area contributed by atoms with E-state index in [0.29, 0.717) is 0 Å². The number of aliphatic carboxylic acids is 1. The summed E-state index contributed by atoms with van der Waals surface area (Å²) in [6.07, 6.45) is -0.362. The summed E-state index contributed by atoms with van der Waals surface area (Å²) in [6.45, 7) is 0.